The van der Waals surface area contributed by atoms with E-state index < -0.39 is 27.4 Å². The van der Waals surface area contributed by atoms with Gasteiger partial charge in [0.25, 0.3) is 0 Å². The second kappa shape index (κ2) is 8.31. The molecule has 0 spiro atoms. The highest BCUT2D eigenvalue weighted by molar-refractivity contribution is 7.90. The number of sulfone groups is 1. The number of aromatic nitrogens is 3. The van der Waals surface area contributed by atoms with Gasteiger partial charge in [-0.15, -0.1) is 0 Å². The lowest BCUT2D eigenvalue weighted by atomic mass is 10.1. The number of fused-ring (bicyclic) bond motifs is 1. The number of pyridine rings is 1. The van der Waals surface area contributed by atoms with Crippen LogP contribution in [0.25, 0.3) is 0 Å². The minimum atomic E-state index is -4.72. The highest BCUT2D eigenvalue weighted by Gasteiger charge is 2.35. The lowest BCUT2D eigenvalue weighted by Crippen LogP contribution is -2.15. The zero-order valence-corrected chi connectivity index (χ0v) is 17.9. The standard InChI is InChI=1S/C20H17F3N6O3S/c1-33(31,32)14-4-5-24-13(8-14)9-25-18-15(20(21,22)23)10-26-19(29-18)27-12-2-3-16-11(6-12)7-17(30)28-16/h2-6,8,10H,7,9H2,1H3,(H,28,30)(H2,25,26,27,29). The number of halogens is 3. The zero-order chi connectivity index (χ0) is 23.8. The van der Waals surface area contributed by atoms with Crippen LogP contribution < -0.4 is 16.0 Å². The SMILES string of the molecule is CS(=O)(=O)c1ccnc(CNc2nc(Nc3ccc4c(c3)CC(=O)N4)ncc2C(F)(F)F)c1. The van der Waals surface area contributed by atoms with Gasteiger partial charge in [0.15, 0.2) is 9.84 Å². The Morgan fingerprint density at radius 2 is 1.94 bits per heavy atom. The Bertz CT molecular complexity index is 1350. The van der Waals surface area contributed by atoms with Crippen LogP contribution in [0.4, 0.5) is 36.3 Å². The van der Waals surface area contributed by atoms with Crippen LogP contribution in [-0.2, 0) is 33.8 Å². The normalized spacial score (nSPS) is 13.4. The van der Waals surface area contributed by atoms with E-state index >= 15 is 0 Å². The lowest BCUT2D eigenvalue weighted by Gasteiger charge is -2.15. The number of carbonyl (C=O) groups excluding carboxylic acids is 1. The maximum Gasteiger partial charge on any atom is 0.421 e. The summed E-state index contributed by atoms with van der Waals surface area (Å²) in [4.78, 5) is 23.2. The van der Waals surface area contributed by atoms with Crippen LogP contribution in [0.5, 0.6) is 0 Å². The van der Waals surface area contributed by atoms with E-state index in [2.05, 4.69) is 30.9 Å². The van der Waals surface area contributed by atoms with Crippen molar-refractivity contribution >= 4 is 38.9 Å². The molecule has 0 saturated carbocycles. The van der Waals surface area contributed by atoms with Gasteiger partial charge in [-0.2, -0.15) is 18.2 Å². The monoisotopic (exact) mass is 478 g/mol. The molecule has 0 unspecified atom stereocenters. The van der Waals surface area contributed by atoms with E-state index in [1.807, 2.05) is 0 Å². The smallest absolute Gasteiger partial charge is 0.364 e. The van der Waals surface area contributed by atoms with Gasteiger partial charge in [-0.25, -0.2) is 13.4 Å². The minimum Gasteiger partial charge on any atom is -0.364 e. The number of nitrogens with one attached hydrogen (secondary N) is 3. The molecule has 0 aliphatic carbocycles. The molecule has 172 valence electrons. The van der Waals surface area contributed by atoms with Gasteiger partial charge in [-0.3, -0.25) is 9.78 Å². The summed E-state index contributed by atoms with van der Waals surface area (Å²) < 4.78 is 63.8. The molecular weight excluding hydrogens is 461 g/mol. The summed E-state index contributed by atoms with van der Waals surface area (Å²) in [6, 6.07) is 7.57. The van der Waals surface area contributed by atoms with E-state index in [1.165, 1.54) is 18.3 Å². The summed E-state index contributed by atoms with van der Waals surface area (Å²) in [6.07, 6.45) is -1.59. The molecule has 13 heteroatoms. The number of amides is 1. The molecule has 1 aromatic carbocycles. The summed E-state index contributed by atoms with van der Waals surface area (Å²) >= 11 is 0. The van der Waals surface area contributed by atoms with E-state index in [0.29, 0.717) is 17.6 Å². The van der Waals surface area contributed by atoms with Crippen molar-refractivity contribution in [2.45, 2.75) is 24.0 Å². The molecule has 0 atom stereocenters. The molecule has 0 fully saturated rings. The summed E-state index contributed by atoms with van der Waals surface area (Å²) in [6.45, 7) is -0.199. The van der Waals surface area contributed by atoms with Crippen LogP contribution >= 0.6 is 0 Å². The molecule has 0 bridgehead atoms. The largest absolute Gasteiger partial charge is 0.421 e. The third kappa shape index (κ3) is 5.19. The average molecular weight is 478 g/mol. The van der Waals surface area contributed by atoms with E-state index in [-0.39, 0.29) is 35.4 Å². The van der Waals surface area contributed by atoms with Crippen LogP contribution in [0.3, 0.4) is 0 Å². The number of hydrogen-bond donors (Lipinski definition) is 3. The highest BCUT2D eigenvalue weighted by Crippen LogP contribution is 2.34. The number of rotatable bonds is 6. The summed E-state index contributed by atoms with van der Waals surface area (Å²) in [5.41, 5.74) is 1.04. The van der Waals surface area contributed by atoms with Gasteiger partial charge in [0.1, 0.15) is 11.4 Å². The number of alkyl halides is 3. The molecule has 3 N–H and O–H groups in total. The molecule has 1 aliphatic heterocycles. The Morgan fingerprint density at radius 3 is 2.67 bits per heavy atom. The van der Waals surface area contributed by atoms with Crippen LogP contribution in [0.1, 0.15) is 16.8 Å². The van der Waals surface area contributed by atoms with Crippen molar-refractivity contribution in [3.05, 3.63) is 59.5 Å². The first-order chi connectivity index (χ1) is 15.5. The fourth-order valence-electron chi connectivity index (χ4n) is 3.18. The van der Waals surface area contributed by atoms with Gasteiger partial charge in [0, 0.05) is 30.0 Å². The van der Waals surface area contributed by atoms with E-state index in [4.69, 9.17) is 0 Å². The molecule has 0 radical (unpaired) electrons. The first-order valence-corrected chi connectivity index (χ1v) is 11.4. The van der Waals surface area contributed by atoms with Crippen LogP contribution in [0.2, 0.25) is 0 Å². The predicted molar refractivity (Wildman–Crippen MR) is 114 cm³/mol. The first-order valence-electron chi connectivity index (χ1n) is 9.52. The number of benzene rings is 1. The Labute approximate surface area is 186 Å². The molecule has 2 aromatic heterocycles. The van der Waals surface area contributed by atoms with Gasteiger partial charge in [-0.1, -0.05) is 0 Å². The van der Waals surface area contributed by atoms with Crippen molar-refractivity contribution < 1.29 is 26.4 Å². The number of carbonyl (C=O) groups is 1. The van der Waals surface area contributed by atoms with Gasteiger partial charge in [0.05, 0.1) is 23.6 Å². The fourth-order valence-corrected chi connectivity index (χ4v) is 3.84. The second-order valence-electron chi connectivity index (χ2n) is 7.28. The Morgan fingerprint density at radius 1 is 1.15 bits per heavy atom. The fraction of sp³-hybridized carbons (Fsp3) is 0.200. The van der Waals surface area contributed by atoms with Crippen molar-refractivity contribution in [2.75, 3.05) is 22.2 Å². The summed E-state index contributed by atoms with van der Waals surface area (Å²) in [5.74, 6) is -0.738. The summed E-state index contributed by atoms with van der Waals surface area (Å²) in [7, 11) is -3.50. The van der Waals surface area contributed by atoms with Crippen LogP contribution in [-0.4, -0.2) is 35.5 Å². The minimum absolute atomic E-state index is 0.0000286. The molecule has 1 aliphatic rings. The van der Waals surface area contributed by atoms with E-state index in [0.717, 1.165) is 11.8 Å². The van der Waals surface area contributed by atoms with Gasteiger partial charge in [0.2, 0.25) is 11.9 Å². The van der Waals surface area contributed by atoms with E-state index in [1.54, 1.807) is 18.2 Å². The first kappa shape index (κ1) is 22.5. The number of nitrogens with zero attached hydrogens (tertiary/aromatic N) is 3. The molecule has 3 heterocycles. The Hall–Kier alpha value is -3.74. The maximum absolute atomic E-state index is 13.5. The van der Waals surface area contributed by atoms with Gasteiger partial charge >= 0.3 is 6.18 Å². The molecule has 33 heavy (non-hydrogen) atoms. The zero-order valence-electron chi connectivity index (χ0n) is 17.1. The van der Waals surface area contributed by atoms with Gasteiger partial charge < -0.3 is 16.0 Å². The van der Waals surface area contributed by atoms with Crippen molar-refractivity contribution in [3.8, 4) is 0 Å². The van der Waals surface area contributed by atoms with Crippen molar-refractivity contribution in [3.63, 3.8) is 0 Å². The molecule has 3 aromatic rings. The lowest BCUT2D eigenvalue weighted by molar-refractivity contribution is -0.137. The van der Waals surface area contributed by atoms with E-state index in [9.17, 15) is 26.4 Å². The quantitative estimate of drug-likeness (QED) is 0.493. The average Bonchev–Trinajstić information content (AvgIpc) is 3.10. The third-order valence-corrected chi connectivity index (χ3v) is 5.84. The summed E-state index contributed by atoms with van der Waals surface area (Å²) in [5, 5.41) is 8.09. The predicted octanol–water partition coefficient (Wildman–Crippen LogP) is 3.14. The van der Waals surface area contributed by atoms with Gasteiger partial charge in [-0.05, 0) is 35.9 Å². The van der Waals surface area contributed by atoms with Crippen molar-refractivity contribution in [2.24, 2.45) is 0 Å². The van der Waals surface area contributed by atoms with Crippen molar-refractivity contribution in [1.29, 1.82) is 0 Å². The molecule has 4 rings (SSSR count). The molecule has 1 amide bonds. The second-order valence-corrected chi connectivity index (χ2v) is 9.30. The number of hydrogen-bond acceptors (Lipinski definition) is 8. The highest BCUT2D eigenvalue weighted by atomic mass is 32.2. The Balaban J connectivity index is 1.58. The van der Waals surface area contributed by atoms with Crippen molar-refractivity contribution in [1.82, 2.24) is 15.0 Å². The van der Waals surface area contributed by atoms with Crippen LogP contribution in [0, 0.1) is 0 Å². The topological polar surface area (TPSA) is 126 Å². The molecule has 9 nitrogen and oxygen atoms in total. The van der Waals surface area contributed by atoms with Crippen LogP contribution in [0.15, 0.2) is 47.6 Å². The number of anilines is 4. The molecular formula is C20H17F3N6O3S. The maximum atomic E-state index is 13.5. The molecule has 0 saturated heterocycles. The third-order valence-electron chi connectivity index (χ3n) is 4.73. The Kier molecular flexibility index (Phi) is 5.66.